The van der Waals surface area contributed by atoms with Crippen molar-refractivity contribution in [1.82, 2.24) is 15.6 Å². The molecule has 2 N–H and O–H groups in total. The molecule has 0 saturated carbocycles. The number of carbonyl (C=O) groups is 1. The number of rotatable bonds is 9. The Balaban J connectivity index is 2.41. The Labute approximate surface area is 126 Å². The Kier molecular flexibility index (Phi) is 7.71. The third-order valence-electron chi connectivity index (χ3n) is 2.78. The maximum absolute atomic E-state index is 11.7. The van der Waals surface area contributed by atoms with Gasteiger partial charge in [0.1, 0.15) is 5.75 Å². The number of hydrogen-bond donors (Lipinski definition) is 2. The first-order valence-electron chi connectivity index (χ1n) is 7.14. The van der Waals surface area contributed by atoms with E-state index in [9.17, 15) is 4.79 Å². The van der Waals surface area contributed by atoms with Gasteiger partial charge in [-0.25, -0.2) is 0 Å². The molecule has 0 radical (unpaired) electrons. The minimum Gasteiger partial charge on any atom is -0.479 e. The molecule has 21 heavy (non-hydrogen) atoms. The van der Waals surface area contributed by atoms with Crippen molar-refractivity contribution in [3.8, 4) is 5.75 Å². The van der Waals surface area contributed by atoms with Gasteiger partial charge >= 0.3 is 0 Å². The zero-order chi connectivity index (χ0) is 15.7. The van der Waals surface area contributed by atoms with Gasteiger partial charge in [0.05, 0.1) is 18.5 Å². The van der Waals surface area contributed by atoms with Gasteiger partial charge < -0.3 is 20.1 Å². The van der Waals surface area contributed by atoms with E-state index in [-0.39, 0.29) is 5.91 Å². The lowest BCUT2D eigenvalue weighted by Gasteiger charge is -2.14. The minimum atomic E-state index is -0.566. The molecule has 0 bridgehead atoms. The summed E-state index contributed by atoms with van der Waals surface area (Å²) in [4.78, 5) is 16.0. The molecule has 1 amide bonds. The molecule has 1 aromatic rings. The molecule has 1 heterocycles. The van der Waals surface area contributed by atoms with Gasteiger partial charge in [-0.05, 0) is 19.1 Å². The second kappa shape index (κ2) is 9.31. The Morgan fingerprint density at radius 2 is 2.10 bits per heavy atom. The van der Waals surface area contributed by atoms with Gasteiger partial charge in [0.2, 0.25) is 0 Å². The van der Waals surface area contributed by atoms with Gasteiger partial charge in [0.15, 0.2) is 6.10 Å². The number of aromatic nitrogens is 1. The molecule has 0 saturated heterocycles. The van der Waals surface area contributed by atoms with E-state index in [0.717, 1.165) is 5.69 Å². The first-order chi connectivity index (χ1) is 10.0. The molecular formula is C15H25N3O3. The highest BCUT2D eigenvalue weighted by molar-refractivity contribution is 5.80. The standard InChI is InChI=1S/C15H25N3O3/c1-11(2)17-9-13-5-6-14(10-18-13)21-12(3)15(19)16-7-8-20-4/h5-6,10-12,17H,7-9H2,1-4H3,(H,16,19). The summed E-state index contributed by atoms with van der Waals surface area (Å²) in [6, 6.07) is 4.13. The monoisotopic (exact) mass is 295 g/mol. The van der Waals surface area contributed by atoms with E-state index < -0.39 is 6.10 Å². The van der Waals surface area contributed by atoms with E-state index >= 15 is 0 Å². The second-order valence-electron chi connectivity index (χ2n) is 5.06. The summed E-state index contributed by atoms with van der Waals surface area (Å²) in [5, 5.41) is 6.02. The van der Waals surface area contributed by atoms with Crippen molar-refractivity contribution in [3.05, 3.63) is 24.0 Å². The third-order valence-corrected chi connectivity index (χ3v) is 2.78. The summed E-state index contributed by atoms with van der Waals surface area (Å²) in [5.74, 6) is 0.412. The van der Waals surface area contributed by atoms with Crippen LogP contribution in [0.15, 0.2) is 18.3 Å². The van der Waals surface area contributed by atoms with Crippen LogP contribution in [-0.4, -0.2) is 43.3 Å². The summed E-state index contributed by atoms with van der Waals surface area (Å²) < 4.78 is 10.4. The number of hydrogen-bond acceptors (Lipinski definition) is 5. The van der Waals surface area contributed by atoms with Crippen molar-refractivity contribution in [2.75, 3.05) is 20.3 Å². The smallest absolute Gasteiger partial charge is 0.260 e. The van der Waals surface area contributed by atoms with Crippen molar-refractivity contribution in [2.45, 2.75) is 39.5 Å². The Morgan fingerprint density at radius 3 is 2.67 bits per heavy atom. The molecule has 0 aliphatic rings. The van der Waals surface area contributed by atoms with Gasteiger partial charge in [-0.2, -0.15) is 0 Å². The van der Waals surface area contributed by atoms with Crippen LogP contribution >= 0.6 is 0 Å². The van der Waals surface area contributed by atoms with Crippen LogP contribution in [0.5, 0.6) is 5.75 Å². The van der Waals surface area contributed by atoms with Crippen LogP contribution < -0.4 is 15.4 Å². The highest BCUT2D eigenvalue weighted by Gasteiger charge is 2.14. The van der Waals surface area contributed by atoms with E-state index in [0.29, 0.717) is 31.5 Å². The van der Waals surface area contributed by atoms with E-state index in [1.165, 1.54) is 0 Å². The second-order valence-corrected chi connectivity index (χ2v) is 5.06. The lowest BCUT2D eigenvalue weighted by Crippen LogP contribution is -2.37. The normalized spacial score (nSPS) is 12.2. The number of ether oxygens (including phenoxy) is 2. The van der Waals surface area contributed by atoms with Gasteiger partial charge in [-0.15, -0.1) is 0 Å². The third kappa shape index (κ3) is 7.06. The average Bonchev–Trinajstić information content (AvgIpc) is 2.46. The first kappa shape index (κ1) is 17.4. The summed E-state index contributed by atoms with van der Waals surface area (Å²) >= 11 is 0. The molecule has 1 unspecified atom stereocenters. The van der Waals surface area contributed by atoms with Crippen LogP contribution in [-0.2, 0) is 16.1 Å². The Bertz CT molecular complexity index is 421. The van der Waals surface area contributed by atoms with Crippen molar-refractivity contribution >= 4 is 5.91 Å². The molecule has 0 aromatic carbocycles. The zero-order valence-electron chi connectivity index (χ0n) is 13.2. The average molecular weight is 295 g/mol. The van der Waals surface area contributed by atoms with E-state index in [1.54, 1.807) is 20.2 Å². The van der Waals surface area contributed by atoms with Gasteiger partial charge in [0.25, 0.3) is 5.91 Å². The molecule has 0 aliphatic carbocycles. The fraction of sp³-hybridized carbons (Fsp3) is 0.600. The molecular weight excluding hydrogens is 270 g/mol. The van der Waals surface area contributed by atoms with Gasteiger partial charge in [0, 0.05) is 26.2 Å². The van der Waals surface area contributed by atoms with E-state index in [2.05, 4.69) is 29.5 Å². The van der Waals surface area contributed by atoms with Crippen LogP contribution in [0.3, 0.4) is 0 Å². The topological polar surface area (TPSA) is 72.5 Å². The maximum atomic E-state index is 11.7. The number of nitrogens with one attached hydrogen (secondary N) is 2. The molecule has 0 fully saturated rings. The van der Waals surface area contributed by atoms with Crippen molar-refractivity contribution in [2.24, 2.45) is 0 Å². The maximum Gasteiger partial charge on any atom is 0.260 e. The molecule has 1 rings (SSSR count). The summed E-state index contributed by atoms with van der Waals surface area (Å²) in [6.07, 6.45) is 1.07. The molecule has 6 heteroatoms. The highest BCUT2D eigenvalue weighted by atomic mass is 16.5. The molecule has 1 aromatic heterocycles. The Morgan fingerprint density at radius 1 is 1.33 bits per heavy atom. The predicted molar refractivity (Wildman–Crippen MR) is 81.2 cm³/mol. The van der Waals surface area contributed by atoms with Crippen LogP contribution in [0.1, 0.15) is 26.5 Å². The van der Waals surface area contributed by atoms with Gasteiger partial charge in [-0.1, -0.05) is 13.8 Å². The lowest BCUT2D eigenvalue weighted by molar-refractivity contribution is -0.127. The molecule has 118 valence electrons. The largest absolute Gasteiger partial charge is 0.479 e. The molecule has 0 spiro atoms. The predicted octanol–water partition coefficient (Wildman–Crippen LogP) is 1.11. The SMILES string of the molecule is COCCNC(=O)C(C)Oc1ccc(CNC(C)C)nc1. The van der Waals surface area contributed by atoms with Crippen molar-refractivity contribution in [3.63, 3.8) is 0 Å². The number of pyridine rings is 1. The van der Waals surface area contributed by atoms with E-state index in [4.69, 9.17) is 9.47 Å². The number of nitrogens with zero attached hydrogens (tertiary/aromatic N) is 1. The lowest BCUT2D eigenvalue weighted by atomic mass is 10.3. The van der Waals surface area contributed by atoms with Gasteiger partial charge in [-0.3, -0.25) is 9.78 Å². The molecule has 6 nitrogen and oxygen atoms in total. The number of amides is 1. The summed E-state index contributed by atoms with van der Waals surface area (Å²) in [6.45, 7) is 7.54. The summed E-state index contributed by atoms with van der Waals surface area (Å²) in [5.41, 5.74) is 0.938. The first-order valence-corrected chi connectivity index (χ1v) is 7.14. The minimum absolute atomic E-state index is 0.169. The van der Waals surface area contributed by atoms with Crippen molar-refractivity contribution < 1.29 is 14.3 Å². The van der Waals surface area contributed by atoms with Crippen molar-refractivity contribution in [1.29, 1.82) is 0 Å². The quantitative estimate of drug-likeness (QED) is 0.668. The summed E-state index contributed by atoms with van der Waals surface area (Å²) in [7, 11) is 1.59. The fourth-order valence-electron chi connectivity index (χ4n) is 1.57. The van der Waals surface area contributed by atoms with E-state index in [1.807, 2.05) is 12.1 Å². The highest BCUT2D eigenvalue weighted by Crippen LogP contribution is 2.11. The molecule has 0 aliphatic heterocycles. The zero-order valence-corrected chi connectivity index (χ0v) is 13.2. The van der Waals surface area contributed by atoms with Crippen LogP contribution in [0.25, 0.3) is 0 Å². The molecule has 1 atom stereocenters. The number of carbonyl (C=O) groups excluding carboxylic acids is 1. The number of methoxy groups -OCH3 is 1. The van der Waals surface area contributed by atoms with Crippen LogP contribution in [0.2, 0.25) is 0 Å². The van der Waals surface area contributed by atoms with Crippen LogP contribution in [0.4, 0.5) is 0 Å². The Hall–Kier alpha value is -1.66. The fourth-order valence-corrected chi connectivity index (χ4v) is 1.57. The van der Waals surface area contributed by atoms with Crippen LogP contribution in [0, 0.1) is 0 Å².